The molecule has 1 amide bonds. The standard InChI is InChI=1S/C24H25ClN6OS/c1-29-9-11-31(12-10-29)15-22-26-19-8-7-16(13-20(19)30(22)2)14-21-23(32)28-24(33-21)27-18-6-4-3-5-17(18)25/h3-8,13-14H,9-12,15H2,1-2H3,(H,27,28,32)/b21-14+. The second-order valence-corrected chi connectivity index (χ2v) is 9.79. The Kier molecular flexibility index (Phi) is 6.25. The number of thioether (sulfide) groups is 1. The van der Waals surface area contributed by atoms with Crippen LogP contribution in [0.1, 0.15) is 11.4 Å². The summed E-state index contributed by atoms with van der Waals surface area (Å²) in [6.07, 6.45) is 1.89. The van der Waals surface area contributed by atoms with Gasteiger partial charge in [0, 0.05) is 33.2 Å². The highest BCUT2D eigenvalue weighted by Gasteiger charge is 2.24. The third kappa shape index (κ3) is 4.84. The molecule has 7 nitrogen and oxygen atoms in total. The lowest BCUT2D eigenvalue weighted by Gasteiger charge is -2.31. The second kappa shape index (κ2) is 9.30. The van der Waals surface area contributed by atoms with E-state index in [9.17, 15) is 4.79 Å². The van der Waals surface area contributed by atoms with Crippen molar-refractivity contribution in [3.05, 3.63) is 63.8 Å². The van der Waals surface area contributed by atoms with E-state index in [0.717, 1.165) is 55.1 Å². The monoisotopic (exact) mass is 480 g/mol. The molecule has 1 aromatic heterocycles. The number of imidazole rings is 1. The largest absolute Gasteiger partial charge is 0.330 e. The van der Waals surface area contributed by atoms with E-state index in [2.05, 4.69) is 44.8 Å². The molecule has 0 spiro atoms. The lowest BCUT2D eigenvalue weighted by atomic mass is 10.2. The maximum Gasteiger partial charge on any atom is 0.264 e. The van der Waals surface area contributed by atoms with Gasteiger partial charge in [0.2, 0.25) is 0 Å². The number of rotatable bonds is 4. The molecule has 3 aromatic rings. The molecule has 2 aliphatic heterocycles. The normalized spacial score (nSPS) is 20.3. The van der Waals surface area contributed by atoms with E-state index in [4.69, 9.17) is 16.6 Å². The molecule has 2 aliphatic rings. The van der Waals surface area contributed by atoms with Crippen LogP contribution in [-0.4, -0.2) is 63.7 Å². The van der Waals surface area contributed by atoms with E-state index in [1.165, 1.54) is 11.8 Å². The van der Waals surface area contributed by atoms with Gasteiger partial charge in [-0.3, -0.25) is 9.69 Å². The van der Waals surface area contributed by atoms with Crippen LogP contribution in [0.5, 0.6) is 0 Å². The summed E-state index contributed by atoms with van der Waals surface area (Å²) in [4.78, 5) is 27.2. The Morgan fingerprint density at radius 1 is 1.15 bits per heavy atom. The minimum atomic E-state index is -0.160. The highest BCUT2D eigenvalue weighted by Crippen LogP contribution is 2.31. The van der Waals surface area contributed by atoms with Crippen LogP contribution in [0.15, 0.2) is 52.4 Å². The molecule has 2 aromatic carbocycles. The lowest BCUT2D eigenvalue weighted by Crippen LogP contribution is -2.44. The number of likely N-dealkylation sites (N-methyl/N-ethyl adjacent to an activating group) is 1. The van der Waals surface area contributed by atoms with Gasteiger partial charge in [-0.15, -0.1) is 0 Å². The van der Waals surface area contributed by atoms with Gasteiger partial charge in [0.05, 0.1) is 33.2 Å². The molecule has 0 atom stereocenters. The molecular weight excluding hydrogens is 456 g/mol. The van der Waals surface area contributed by atoms with Gasteiger partial charge in [-0.1, -0.05) is 29.8 Å². The zero-order chi connectivity index (χ0) is 22.9. The Balaban J connectivity index is 1.36. The third-order valence-electron chi connectivity index (χ3n) is 5.98. The van der Waals surface area contributed by atoms with Gasteiger partial charge >= 0.3 is 0 Å². The van der Waals surface area contributed by atoms with Gasteiger partial charge in [0.25, 0.3) is 5.91 Å². The first-order valence-electron chi connectivity index (χ1n) is 10.9. The number of amidine groups is 1. The lowest BCUT2D eigenvalue weighted by molar-refractivity contribution is -0.115. The number of piperazine rings is 1. The predicted molar refractivity (Wildman–Crippen MR) is 136 cm³/mol. The van der Waals surface area contributed by atoms with Crippen LogP contribution in [0, 0.1) is 0 Å². The zero-order valence-electron chi connectivity index (χ0n) is 18.6. The van der Waals surface area contributed by atoms with Crippen LogP contribution >= 0.6 is 23.4 Å². The first-order valence-corrected chi connectivity index (χ1v) is 12.1. The minimum Gasteiger partial charge on any atom is -0.330 e. The molecule has 0 bridgehead atoms. The number of fused-ring (bicyclic) bond motifs is 1. The van der Waals surface area contributed by atoms with Gasteiger partial charge in [-0.05, 0) is 54.7 Å². The summed E-state index contributed by atoms with van der Waals surface area (Å²) in [7, 11) is 4.22. The van der Waals surface area contributed by atoms with Crippen LogP contribution in [0.4, 0.5) is 5.69 Å². The van der Waals surface area contributed by atoms with E-state index < -0.39 is 0 Å². The summed E-state index contributed by atoms with van der Waals surface area (Å²) < 4.78 is 2.15. The number of amides is 1. The number of hydrogen-bond acceptors (Lipinski definition) is 6. The summed E-state index contributed by atoms with van der Waals surface area (Å²) in [5, 5.41) is 3.89. The summed E-state index contributed by atoms with van der Waals surface area (Å²) in [6, 6.07) is 13.4. The number of aromatic nitrogens is 2. The minimum absolute atomic E-state index is 0.160. The van der Waals surface area contributed by atoms with Gasteiger partial charge < -0.3 is 14.8 Å². The summed E-state index contributed by atoms with van der Waals surface area (Å²) in [5.41, 5.74) is 3.61. The Hall–Kier alpha value is -2.65. The number of hydrogen-bond donors (Lipinski definition) is 1. The van der Waals surface area contributed by atoms with E-state index in [1.807, 2.05) is 36.4 Å². The number of nitrogens with zero attached hydrogens (tertiary/aromatic N) is 5. The van der Waals surface area contributed by atoms with E-state index >= 15 is 0 Å². The van der Waals surface area contributed by atoms with Crippen molar-refractivity contribution in [3.8, 4) is 0 Å². The van der Waals surface area contributed by atoms with Gasteiger partial charge in [-0.25, -0.2) is 9.98 Å². The molecule has 5 rings (SSSR count). The maximum absolute atomic E-state index is 12.5. The van der Waals surface area contributed by atoms with Crippen LogP contribution < -0.4 is 5.32 Å². The molecule has 33 heavy (non-hydrogen) atoms. The molecule has 2 fully saturated rings. The van der Waals surface area contributed by atoms with E-state index in [-0.39, 0.29) is 5.91 Å². The van der Waals surface area contributed by atoms with Gasteiger partial charge in [-0.2, -0.15) is 0 Å². The first kappa shape index (κ1) is 22.2. The number of aryl methyl sites for hydroxylation is 1. The van der Waals surface area contributed by atoms with Crippen LogP contribution in [0.2, 0.25) is 5.02 Å². The van der Waals surface area contributed by atoms with Crippen LogP contribution in [0.3, 0.4) is 0 Å². The van der Waals surface area contributed by atoms with E-state index in [1.54, 1.807) is 6.07 Å². The second-order valence-electron chi connectivity index (χ2n) is 8.35. The third-order valence-corrected chi connectivity index (χ3v) is 7.21. The summed E-state index contributed by atoms with van der Waals surface area (Å²) in [5.74, 6) is 0.896. The van der Waals surface area contributed by atoms with E-state index in [0.29, 0.717) is 20.8 Å². The van der Waals surface area contributed by atoms with Crippen molar-refractivity contribution >= 4 is 57.2 Å². The Morgan fingerprint density at radius 2 is 1.94 bits per heavy atom. The smallest absolute Gasteiger partial charge is 0.264 e. The first-order chi connectivity index (χ1) is 16.0. The van der Waals surface area contributed by atoms with Gasteiger partial charge in [0.1, 0.15) is 5.82 Å². The van der Waals surface area contributed by atoms with Crippen molar-refractivity contribution < 1.29 is 4.79 Å². The highest BCUT2D eigenvalue weighted by molar-refractivity contribution is 8.18. The van der Waals surface area contributed by atoms with Crippen LogP contribution in [0.25, 0.3) is 17.1 Å². The fourth-order valence-corrected chi connectivity index (χ4v) is 4.99. The Morgan fingerprint density at radius 3 is 2.73 bits per heavy atom. The molecule has 9 heteroatoms. The zero-order valence-corrected chi connectivity index (χ0v) is 20.2. The molecule has 2 saturated heterocycles. The number of halogens is 1. The SMILES string of the molecule is CN1CCN(Cc2nc3ccc(/C=C4/SC(=Nc5ccccc5Cl)NC4=O)cc3n2C)CC1. The average Bonchev–Trinajstić information content (AvgIpc) is 3.30. The maximum atomic E-state index is 12.5. The average molecular weight is 481 g/mol. The molecule has 0 unspecified atom stereocenters. The molecule has 1 N–H and O–H groups in total. The fraction of sp³-hybridized carbons (Fsp3) is 0.292. The van der Waals surface area contributed by atoms with Crippen molar-refractivity contribution in [2.75, 3.05) is 33.2 Å². The van der Waals surface area contributed by atoms with Crippen molar-refractivity contribution in [1.82, 2.24) is 24.7 Å². The highest BCUT2D eigenvalue weighted by atomic mass is 35.5. The Labute approximate surface area is 202 Å². The number of benzene rings is 2. The van der Waals surface area contributed by atoms with Crippen LogP contribution in [-0.2, 0) is 18.4 Å². The van der Waals surface area contributed by atoms with Crippen molar-refractivity contribution in [3.63, 3.8) is 0 Å². The molecule has 3 heterocycles. The predicted octanol–water partition coefficient (Wildman–Crippen LogP) is 3.87. The van der Waals surface area contributed by atoms with Crippen molar-refractivity contribution in [2.24, 2.45) is 12.0 Å². The number of aliphatic imine (C=N–C) groups is 1. The number of carbonyl (C=O) groups excluding carboxylic acids is 1. The molecule has 0 aliphatic carbocycles. The Bertz CT molecular complexity index is 1280. The van der Waals surface area contributed by atoms with Crippen molar-refractivity contribution in [2.45, 2.75) is 6.54 Å². The van der Waals surface area contributed by atoms with Crippen molar-refractivity contribution in [1.29, 1.82) is 0 Å². The number of nitrogens with one attached hydrogen (secondary N) is 1. The fourth-order valence-electron chi connectivity index (χ4n) is 3.98. The summed E-state index contributed by atoms with van der Waals surface area (Å²) in [6.45, 7) is 5.13. The molecule has 0 radical (unpaired) electrons. The quantitative estimate of drug-likeness (QED) is 0.574. The topological polar surface area (TPSA) is 65.8 Å². The van der Waals surface area contributed by atoms with Gasteiger partial charge in [0.15, 0.2) is 5.17 Å². The molecule has 0 saturated carbocycles. The number of para-hydroxylation sites is 1. The number of carbonyl (C=O) groups is 1. The molecule has 170 valence electrons. The summed E-state index contributed by atoms with van der Waals surface area (Å²) >= 11 is 7.50. The molecular formula is C24H25ClN6OS.